The molecule has 1 aromatic carbocycles. The van der Waals surface area contributed by atoms with E-state index in [4.69, 9.17) is 11.6 Å². The minimum absolute atomic E-state index is 0. The molecule has 0 aromatic heterocycles. The molecule has 3 rings (SSSR count). The third-order valence-corrected chi connectivity index (χ3v) is 6.49. The van der Waals surface area contributed by atoms with E-state index in [0.29, 0.717) is 11.5 Å². The molecule has 1 spiro atoms. The van der Waals surface area contributed by atoms with Crippen LogP contribution in [0.15, 0.2) is 24.3 Å². The van der Waals surface area contributed by atoms with Gasteiger partial charge in [0.15, 0.2) is 9.84 Å². The molecule has 0 N–H and O–H groups in total. The number of anilines is 1. The first-order valence-electron chi connectivity index (χ1n) is 7.04. The van der Waals surface area contributed by atoms with Gasteiger partial charge in [0.05, 0.1) is 50.8 Å². The first-order valence-corrected chi connectivity index (χ1v) is 9.24. The summed E-state index contributed by atoms with van der Waals surface area (Å²) in [7, 11) is -2.77. The van der Waals surface area contributed by atoms with Gasteiger partial charge in [0.1, 0.15) is 0 Å². The molecular weight excluding hydrogens is 331 g/mol. The van der Waals surface area contributed by atoms with Crippen LogP contribution < -0.4 is 17.3 Å². The highest BCUT2D eigenvalue weighted by atomic mass is 35.5. The predicted molar refractivity (Wildman–Crippen MR) is 82.0 cm³/mol. The lowest BCUT2D eigenvalue weighted by Crippen LogP contribution is -3.00. The number of hydrogen-bond acceptors (Lipinski definition) is 3. The van der Waals surface area contributed by atoms with Gasteiger partial charge in [-0.25, -0.2) is 8.42 Å². The fourth-order valence-corrected chi connectivity index (χ4v) is 4.79. The Balaban J connectivity index is 0.00000161. The van der Waals surface area contributed by atoms with Crippen molar-refractivity contribution in [3.63, 3.8) is 0 Å². The van der Waals surface area contributed by atoms with Gasteiger partial charge >= 0.3 is 0 Å². The van der Waals surface area contributed by atoms with E-state index < -0.39 is 9.84 Å². The molecule has 0 saturated carbocycles. The van der Waals surface area contributed by atoms with E-state index in [0.717, 1.165) is 48.8 Å². The molecule has 0 amide bonds. The van der Waals surface area contributed by atoms with Crippen LogP contribution in [0, 0.1) is 0 Å². The molecule has 2 aliphatic rings. The number of quaternary nitrogens is 1. The van der Waals surface area contributed by atoms with Gasteiger partial charge in [0.25, 0.3) is 0 Å². The van der Waals surface area contributed by atoms with Crippen LogP contribution in [-0.4, -0.2) is 63.7 Å². The van der Waals surface area contributed by atoms with Gasteiger partial charge in [-0.05, 0) is 24.3 Å². The van der Waals surface area contributed by atoms with E-state index in [1.165, 1.54) is 5.69 Å². The summed E-state index contributed by atoms with van der Waals surface area (Å²) < 4.78 is 24.1. The zero-order chi connectivity index (χ0) is 14.2. The first-order chi connectivity index (χ1) is 9.48. The van der Waals surface area contributed by atoms with E-state index in [9.17, 15) is 8.42 Å². The fourth-order valence-electron chi connectivity index (χ4n) is 3.13. The molecule has 2 fully saturated rings. The van der Waals surface area contributed by atoms with Crippen molar-refractivity contribution in [2.75, 3.05) is 55.7 Å². The molecule has 21 heavy (non-hydrogen) atoms. The van der Waals surface area contributed by atoms with Crippen LogP contribution in [0.2, 0.25) is 5.02 Å². The number of halogens is 2. The van der Waals surface area contributed by atoms with Crippen molar-refractivity contribution in [1.29, 1.82) is 0 Å². The third kappa shape index (κ3) is 3.83. The van der Waals surface area contributed by atoms with Gasteiger partial charge in [-0.3, -0.25) is 0 Å². The van der Waals surface area contributed by atoms with Gasteiger partial charge in [-0.2, -0.15) is 0 Å². The van der Waals surface area contributed by atoms with Crippen LogP contribution in [-0.2, 0) is 9.84 Å². The van der Waals surface area contributed by atoms with E-state index in [2.05, 4.69) is 17.0 Å². The van der Waals surface area contributed by atoms with Gasteiger partial charge in [0, 0.05) is 10.7 Å². The molecule has 0 unspecified atom stereocenters. The topological polar surface area (TPSA) is 37.4 Å². The second-order valence-electron chi connectivity index (χ2n) is 5.85. The number of sulfone groups is 1. The molecule has 1 aromatic rings. The summed E-state index contributed by atoms with van der Waals surface area (Å²) in [6.07, 6.45) is 0. The highest BCUT2D eigenvalue weighted by Crippen LogP contribution is 2.23. The lowest BCUT2D eigenvalue weighted by atomic mass is 10.2. The van der Waals surface area contributed by atoms with E-state index in [1.807, 2.05) is 12.1 Å². The van der Waals surface area contributed by atoms with Gasteiger partial charge in [-0.1, -0.05) is 11.6 Å². The van der Waals surface area contributed by atoms with Gasteiger partial charge in [-0.15, -0.1) is 0 Å². The average molecular weight is 351 g/mol. The summed E-state index contributed by atoms with van der Waals surface area (Å²) in [5, 5.41) is 0.760. The smallest absolute Gasteiger partial charge is 0.161 e. The van der Waals surface area contributed by atoms with Crippen LogP contribution in [0.1, 0.15) is 0 Å². The molecule has 2 saturated heterocycles. The Hall–Kier alpha value is -0.490. The van der Waals surface area contributed by atoms with Crippen LogP contribution in [0.4, 0.5) is 5.69 Å². The maximum absolute atomic E-state index is 11.6. The van der Waals surface area contributed by atoms with E-state index in [1.54, 1.807) is 0 Å². The molecular formula is C14H20Cl2N2O2S. The quantitative estimate of drug-likeness (QED) is 0.573. The first kappa shape index (κ1) is 16.9. The Kier molecular flexibility index (Phi) is 5.08. The number of piperazine rings is 1. The van der Waals surface area contributed by atoms with Crippen molar-refractivity contribution in [2.24, 2.45) is 0 Å². The lowest BCUT2D eigenvalue weighted by molar-refractivity contribution is -0.925. The maximum Gasteiger partial charge on any atom is 0.161 e. The molecule has 2 heterocycles. The van der Waals surface area contributed by atoms with Crippen molar-refractivity contribution >= 4 is 27.1 Å². The number of nitrogens with zero attached hydrogens (tertiary/aromatic N) is 2. The minimum Gasteiger partial charge on any atom is -1.00 e. The molecule has 118 valence electrons. The predicted octanol–water partition coefficient (Wildman–Crippen LogP) is -1.59. The highest BCUT2D eigenvalue weighted by molar-refractivity contribution is 7.91. The largest absolute Gasteiger partial charge is 1.00 e. The number of hydrogen-bond donors (Lipinski definition) is 0. The Morgan fingerprint density at radius 3 is 2.00 bits per heavy atom. The third-order valence-electron chi connectivity index (χ3n) is 4.63. The normalized spacial score (nSPS) is 23.6. The molecule has 4 nitrogen and oxygen atoms in total. The van der Waals surface area contributed by atoms with E-state index >= 15 is 0 Å². The SMILES string of the molecule is O=S1(=O)CC[N+]2(CCN(c3ccc(Cl)cc3)CC2)CC1.[Cl-]. The van der Waals surface area contributed by atoms with Gasteiger partial charge in [0.2, 0.25) is 0 Å². The Labute approximate surface area is 137 Å². The van der Waals surface area contributed by atoms with Crippen LogP contribution in [0.3, 0.4) is 0 Å². The Morgan fingerprint density at radius 1 is 0.952 bits per heavy atom. The summed E-state index contributed by atoms with van der Waals surface area (Å²) in [4.78, 5) is 2.36. The standard InChI is InChI=1S/C14H20ClN2O2S.ClH/c15-13-1-3-14(4-2-13)16-5-7-17(8-6-16)9-11-20(18,19)12-10-17;/h1-4H,5-12H2;1H/q+1;/p-1. The fraction of sp³-hybridized carbons (Fsp3) is 0.571. The lowest BCUT2D eigenvalue weighted by Gasteiger charge is -2.47. The van der Waals surface area contributed by atoms with Crippen LogP contribution in [0.25, 0.3) is 0 Å². The van der Waals surface area contributed by atoms with Crippen molar-refractivity contribution in [3.05, 3.63) is 29.3 Å². The number of benzene rings is 1. The molecule has 0 aliphatic carbocycles. The molecule has 7 heteroatoms. The van der Waals surface area contributed by atoms with Gasteiger partial charge < -0.3 is 21.8 Å². The Bertz CT molecular complexity index is 565. The summed E-state index contributed by atoms with van der Waals surface area (Å²) >= 11 is 5.92. The number of rotatable bonds is 1. The second kappa shape index (κ2) is 6.32. The maximum atomic E-state index is 11.6. The summed E-state index contributed by atoms with van der Waals surface area (Å²) in [5.74, 6) is 0.710. The molecule has 2 aliphatic heterocycles. The van der Waals surface area contributed by atoms with Crippen LogP contribution in [0.5, 0.6) is 0 Å². The second-order valence-corrected chi connectivity index (χ2v) is 8.59. The minimum atomic E-state index is -2.77. The van der Waals surface area contributed by atoms with Crippen molar-refractivity contribution in [3.8, 4) is 0 Å². The van der Waals surface area contributed by atoms with E-state index in [-0.39, 0.29) is 12.4 Å². The summed E-state index contributed by atoms with van der Waals surface area (Å²) in [6, 6.07) is 7.95. The van der Waals surface area contributed by atoms with Crippen molar-refractivity contribution in [2.45, 2.75) is 0 Å². The average Bonchev–Trinajstić information content (AvgIpc) is 2.45. The molecule has 0 bridgehead atoms. The molecule has 0 radical (unpaired) electrons. The zero-order valence-corrected chi connectivity index (χ0v) is 14.2. The molecule has 0 atom stereocenters. The monoisotopic (exact) mass is 350 g/mol. The summed E-state index contributed by atoms with van der Waals surface area (Å²) in [6.45, 7) is 5.63. The van der Waals surface area contributed by atoms with Crippen molar-refractivity contribution in [1.82, 2.24) is 0 Å². The van der Waals surface area contributed by atoms with Crippen LogP contribution >= 0.6 is 11.6 Å². The van der Waals surface area contributed by atoms with Crippen molar-refractivity contribution < 1.29 is 25.3 Å². The zero-order valence-electron chi connectivity index (χ0n) is 11.8. The highest BCUT2D eigenvalue weighted by Gasteiger charge is 2.38. The Morgan fingerprint density at radius 2 is 1.48 bits per heavy atom. The summed E-state index contributed by atoms with van der Waals surface area (Å²) in [5.41, 5.74) is 1.21.